The second-order valence-corrected chi connectivity index (χ2v) is 10.1. The Morgan fingerprint density at radius 3 is 1.54 bits per heavy atom. The van der Waals surface area contributed by atoms with E-state index in [9.17, 15) is 0 Å². The van der Waals surface area contributed by atoms with Gasteiger partial charge in [-0.2, -0.15) is 0 Å². The molecule has 2 heteroatoms. The summed E-state index contributed by atoms with van der Waals surface area (Å²) in [6.07, 6.45) is 2.37. The number of benzene rings is 4. The summed E-state index contributed by atoms with van der Waals surface area (Å²) < 4.78 is 2.52. The number of hydrogen-bond donors (Lipinski definition) is 0. The predicted octanol–water partition coefficient (Wildman–Crippen LogP) is 8.21. The first-order valence-electron chi connectivity index (χ1n) is 12.5. The van der Waals surface area contributed by atoms with E-state index in [0.717, 1.165) is 0 Å². The van der Waals surface area contributed by atoms with Crippen LogP contribution in [-0.2, 0) is 0 Å². The van der Waals surface area contributed by atoms with Crippen molar-refractivity contribution in [3.63, 3.8) is 0 Å². The Morgan fingerprint density at radius 2 is 1.03 bits per heavy atom. The molecule has 0 aromatic heterocycles. The van der Waals surface area contributed by atoms with Gasteiger partial charge < -0.3 is 0 Å². The third kappa shape index (κ3) is 4.18. The van der Waals surface area contributed by atoms with Crippen LogP contribution in [-0.4, -0.2) is 10.9 Å². The molecule has 176 valence electrons. The van der Waals surface area contributed by atoms with Crippen LogP contribution >= 0.6 is 0 Å². The Labute approximate surface area is 210 Å². The van der Waals surface area contributed by atoms with Crippen LogP contribution in [0.2, 0.25) is 0 Å². The topological polar surface area (TPSA) is 6.25 Å². The van der Waals surface area contributed by atoms with E-state index < -0.39 is 0 Å². The predicted molar refractivity (Wildman–Crippen MR) is 148 cm³/mol. The van der Waals surface area contributed by atoms with Gasteiger partial charge in [0.15, 0.2) is 12.1 Å². The van der Waals surface area contributed by atoms with Crippen LogP contribution in [0.1, 0.15) is 56.6 Å². The fourth-order valence-corrected chi connectivity index (χ4v) is 6.12. The summed E-state index contributed by atoms with van der Waals surface area (Å²) in [5, 5.41) is 0. The van der Waals surface area contributed by atoms with Gasteiger partial charge in [0.25, 0.3) is 0 Å². The fraction of sp³-hybridized carbons (Fsp3) is 0.242. The lowest BCUT2D eigenvalue weighted by Gasteiger charge is -2.26. The summed E-state index contributed by atoms with van der Waals surface area (Å²) in [5.74, 6) is 0. The van der Waals surface area contributed by atoms with Gasteiger partial charge in [-0.05, 0) is 63.8 Å². The average Bonchev–Trinajstić information content (AvgIpc) is 3.18. The van der Waals surface area contributed by atoms with Crippen molar-refractivity contribution in [1.29, 1.82) is 0 Å². The molecule has 0 spiro atoms. The van der Waals surface area contributed by atoms with Crippen molar-refractivity contribution in [3.05, 3.63) is 129 Å². The zero-order chi connectivity index (χ0) is 24.7. The van der Waals surface area contributed by atoms with Crippen LogP contribution in [0, 0.1) is 41.5 Å². The molecule has 4 aromatic rings. The van der Waals surface area contributed by atoms with Crippen LogP contribution in [0.25, 0.3) is 0 Å². The molecule has 2 nitrogen and oxygen atoms in total. The highest BCUT2D eigenvalue weighted by atomic mass is 15.3. The van der Waals surface area contributed by atoms with Crippen LogP contribution in [0.15, 0.2) is 84.9 Å². The number of anilines is 1. The van der Waals surface area contributed by atoms with E-state index in [2.05, 4.69) is 142 Å². The molecule has 1 aliphatic heterocycles. The molecular formula is C33H35N2+. The average molecular weight is 460 g/mol. The zero-order valence-corrected chi connectivity index (χ0v) is 21.7. The first kappa shape index (κ1) is 23.1. The van der Waals surface area contributed by atoms with Crippen LogP contribution in [0.5, 0.6) is 0 Å². The Morgan fingerprint density at radius 1 is 0.571 bits per heavy atom. The van der Waals surface area contributed by atoms with Crippen molar-refractivity contribution in [2.45, 2.75) is 53.6 Å². The smallest absolute Gasteiger partial charge is 0.221 e. The second kappa shape index (κ2) is 9.19. The molecule has 0 bridgehead atoms. The minimum Gasteiger partial charge on any atom is -0.221 e. The second-order valence-electron chi connectivity index (χ2n) is 10.1. The van der Waals surface area contributed by atoms with Gasteiger partial charge in [-0.15, -0.1) is 0 Å². The first-order chi connectivity index (χ1) is 16.8. The Bertz CT molecular complexity index is 1350. The number of rotatable bonds is 4. The van der Waals surface area contributed by atoms with Gasteiger partial charge in [0.2, 0.25) is 6.34 Å². The van der Waals surface area contributed by atoms with Crippen LogP contribution in [0.4, 0.5) is 11.4 Å². The summed E-state index contributed by atoms with van der Waals surface area (Å²) >= 11 is 0. The van der Waals surface area contributed by atoms with E-state index in [1.54, 1.807) is 0 Å². The highest BCUT2D eigenvalue weighted by Gasteiger charge is 2.47. The fourth-order valence-electron chi connectivity index (χ4n) is 6.12. The van der Waals surface area contributed by atoms with Crippen molar-refractivity contribution < 1.29 is 4.58 Å². The Hall–Kier alpha value is -3.65. The lowest BCUT2D eigenvalue weighted by Crippen LogP contribution is -2.27. The molecule has 0 saturated carbocycles. The molecule has 1 aliphatic rings. The van der Waals surface area contributed by atoms with Crippen molar-refractivity contribution in [3.8, 4) is 0 Å². The molecular weight excluding hydrogens is 424 g/mol. The van der Waals surface area contributed by atoms with Gasteiger partial charge in [-0.25, -0.2) is 9.48 Å². The van der Waals surface area contributed by atoms with Gasteiger partial charge in [-0.1, -0.05) is 96.1 Å². The maximum absolute atomic E-state index is 2.52. The molecule has 35 heavy (non-hydrogen) atoms. The molecule has 0 N–H and O–H groups in total. The van der Waals surface area contributed by atoms with Gasteiger partial charge in [0, 0.05) is 11.1 Å². The van der Waals surface area contributed by atoms with E-state index in [4.69, 9.17) is 0 Å². The lowest BCUT2D eigenvalue weighted by molar-refractivity contribution is -0.482. The molecule has 0 aliphatic carbocycles. The molecule has 0 fully saturated rings. The summed E-state index contributed by atoms with van der Waals surface area (Å²) in [6.45, 7) is 13.3. The molecule has 2 unspecified atom stereocenters. The van der Waals surface area contributed by atoms with Crippen LogP contribution in [0.3, 0.4) is 0 Å². The minimum absolute atomic E-state index is 0.138. The molecule has 0 saturated heterocycles. The third-order valence-corrected chi connectivity index (χ3v) is 7.22. The Balaban J connectivity index is 1.82. The molecule has 0 radical (unpaired) electrons. The monoisotopic (exact) mass is 459 g/mol. The maximum atomic E-state index is 2.52. The lowest BCUT2D eigenvalue weighted by atomic mass is 9.91. The van der Waals surface area contributed by atoms with Crippen molar-refractivity contribution in [2.24, 2.45) is 0 Å². The summed E-state index contributed by atoms with van der Waals surface area (Å²) in [4.78, 5) is 2.52. The number of aryl methyl sites for hydroxylation is 6. The number of hydrogen-bond acceptors (Lipinski definition) is 1. The first-order valence-corrected chi connectivity index (χ1v) is 12.5. The summed E-state index contributed by atoms with van der Waals surface area (Å²) in [6, 6.07) is 31.5. The van der Waals surface area contributed by atoms with E-state index in [0.29, 0.717) is 0 Å². The molecule has 5 rings (SSSR count). The van der Waals surface area contributed by atoms with Crippen molar-refractivity contribution in [1.82, 2.24) is 0 Å². The van der Waals surface area contributed by atoms with E-state index in [1.165, 1.54) is 55.9 Å². The van der Waals surface area contributed by atoms with Crippen molar-refractivity contribution >= 4 is 17.7 Å². The number of nitrogens with zero attached hydrogens (tertiary/aromatic N) is 2. The molecule has 4 aromatic carbocycles. The maximum Gasteiger partial charge on any atom is 0.245 e. The molecule has 2 atom stereocenters. The van der Waals surface area contributed by atoms with Gasteiger partial charge in [0.05, 0.1) is 0 Å². The van der Waals surface area contributed by atoms with Gasteiger partial charge in [-0.3, -0.25) is 0 Å². The minimum atomic E-state index is 0.138. The van der Waals surface area contributed by atoms with E-state index >= 15 is 0 Å². The summed E-state index contributed by atoms with van der Waals surface area (Å²) in [5.41, 5.74) is 13.1. The largest absolute Gasteiger partial charge is 0.245 e. The van der Waals surface area contributed by atoms with Crippen LogP contribution < -0.4 is 4.90 Å². The normalized spacial score (nSPS) is 17.5. The van der Waals surface area contributed by atoms with E-state index in [-0.39, 0.29) is 12.1 Å². The highest BCUT2D eigenvalue weighted by Crippen LogP contribution is 2.47. The molecule has 1 heterocycles. The van der Waals surface area contributed by atoms with Gasteiger partial charge >= 0.3 is 0 Å². The van der Waals surface area contributed by atoms with E-state index in [1.807, 2.05) is 0 Å². The third-order valence-electron chi connectivity index (χ3n) is 7.22. The quantitative estimate of drug-likeness (QED) is 0.279. The highest BCUT2D eigenvalue weighted by molar-refractivity contribution is 5.84. The summed E-state index contributed by atoms with van der Waals surface area (Å²) in [7, 11) is 0. The Kier molecular flexibility index (Phi) is 6.06. The standard InChI is InChI=1S/C33H35N2/c1-22-17-24(3)30(25(4)18-22)34-21-35(31-26(5)19-23(2)20-27(31)6)33(29-15-11-8-12-16-29)32(34)28-13-9-7-10-14-28/h7-21,32-33H,1-6H3/q+1. The van der Waals surface area contributed by atoms with Gasteiger partial charge in [0.1, 0.15) is 11.4 Å². The SMILES string of the molecule is Cc1cc(C)c(N2C=[N+](c3c(C)cc(C)cc3C)C(c3ccccc3)C2c2ccccc2)c(C)c1. The zero-order valence-electron chi connectivity index (χ0n) is 21.7. The van der Waals surface area contributed by atoms with Crippen molar-refractivity contribution in [2.75, 3.05) is 4.90 Å². The molecule has 0 amide bonds.